The van der Waals surface area contributed by atoms with Gasteiger partial charge in [-0.3, -0.25) is 4.79 Å². The van der Waals surface area contributed by atoms with E-state index in [2.05, 4.69) is 29.1 Å². The van der Waals surface area contributed by atoms with E-state index in [-0.39, 0.29) is 5.78 Å². The average molecular weight is 241 g/mol. The van der Waals surface area contributed by atoms with Crippen LogP contribution < -0.4 is 0 Å². The van der Waals surface area contributed by atoms with Crippen molar-refractivity contribution in [1.82, 2.24) is 0 Å². The lowest BCUT2D eigenvalue weighted by Crippen LogP contribution is -1.90. The monoisotopic (exact) mass is 240 g/mol. The van der Waals surface area contributed by atoms with Crippen molar-refractivity contribution < 1.29 is 4.79 Å². The van der Waals surface area contributed by atoms with Crippen LogP contribution in [0.4, 0.5) is 0 Å². The molecule has 0 spiro atoms. The van der Waals surface area contributed by atoms with Crippen molar-refractivity contribution in [2.45, 2.75) is 13.8 Å². The molecule has 0 saturated heterocycles. The largest absolute Gasteiger partial charge is 0.295 e. The zero-order valence-corrected chi connectivity index (χ0v) is 9.52. The van der Waals surface area contributed by atoms with Gasteiger partial charge in [-0.15, -0.1) is 0 Å². The first kappa shape index (κ1) is 12.1. The summed E-state index contributed by atoms with van der Waals surface area (Å²) in [6, 6.07) is 0. The zero-order valence-electron chi connectivity index (χ0n) is 7.93. The van der Waals surface area contributed by atoms with Gasteiger partial charge in [0, 0.05) is 10.1 Å². The predicted molar refractivity (Wildman–Crippen MR) is 60.8 cm³/mol. The molecule has 0 aromatic rings. The number of hydrogen-bond acceptors (Lipinski definition) is 1. The van der Waals surface area contributed by atoms with Gasteiger partial charge < -0.3 is 0 Å². The minimum atomic E-state index is -0.0272. The van der Waals surface area contributed by atoms with Crippen LogP contribution in [0.1, 0.15) is 13.8 Å². The second-order valence-electron chi connectivity index (χ2n) is 2.79. The second kappa shape index (κ2) is 5.70. The molecule has 0 fully saturated rings. The summed E-state index contributed by atoms with van der Waals surface area (Å²) in [5, 5.41) is 0. The van der Waals surface area contributed by atoms with Crippen LogP contribution in [0.5, 0.6) is 0 Å². The first-order chi connectivity index (χ1) is 5.93. The van der Waals surface area contributed by atoms with Crippen molar-refractivity contribution in [3.05, 3.63) is 47.0 Å². The summed E-state index contributed by atoms with van der Waals surface area (Å²) < 4.78 is 0.815. The molecule has 0 radical (unpaired) electrons. The molecule has 0 aliphatic rings. The van der Waals surface area contributed by atoms with Crippen LogP contribution in [0.3, 0.4) is 0 Å². The van der Waals surface area contributed by atoms with Crippen LogP contribution in [0, 0.1) is 0 Å². The third-order valence-corrected chi connectivity index (χ3v) is 1.78. The van der Waals surface area contributed by atoms with E-state index in [0.717, 1.165) is 10.1 Å². The lowest BCUT2D eigenvalue weighted by Gasteiger charge is -1.93. The molecule has 0 saturated carbocycles. The molecule has 0 amide bonds. The van der Waals surface area contributed by atoms with Crippen LogP contribution in [-0.2, 0) is 4.79 Å². The summed E-state index contributed by atoms with van der Waals surface area (Å²) in [5.74, 6) is -0.0272. The zero-order chi connectivity index (χ0) is 10.4. The van der Waals surface area contributed by atoms with Crippen molar-refractivity contribution in [2.24, 2.45) is 0 Å². The Bertz CT molecular complexity index is 295. The van der Waals surface area contributed by atoms with Gasteiger partial charge in [-0.05, 0) is 26.0 Å². The van der Waals surface area contributed by atoms with E-state index in [0.29, 0.717) is 5.57 Å². The highest BCUT2D eigenvalue weighted by Gasteiger charge is 1.95. The minimum absolute atomic E-state index is 0.0272. The van der Waals surface area contributed by atoms with Gasteiger partial charge in [0.25, 0.3) is 0 Å². The van der Waals surface area contributed by atoms with E-state index < -0.39 is 0 Å². The Morgan fingerprint density at radius 3 is 2.15 bits per heavy atom. The normalized spacial score (nSPS) is 11.8. The van der Waals surface area contributed by atoms with Gasteiger partial charge in [-0.25, -0.2) is 0 Å². The smallest absolute Gasteiger partial charge is 0.159 e. The van der Waals surface area contributed by atoms with Crippen LogP contribution in [0.25, 0.3) is 0 Å². The molecule has 0 aliphatic carbocycles. The number of rotatable bonds is 4. The molecule has 0 rings (SSSR count). The number of carbonyl (C=O) groups excluding carboxylic acids is 1. The summed E-state index contributed by atoms with van der Waals surface area (Å²) in [7, 11) is 0. The molecular formula is C11H13BrO. The Morgan fingerprint density at radius 1 is 1.23 bits per heavy atom. The van der Waals surface area contributed by atoms with Crippen LogP contribution in [-0.4, -0.2) is 5.78 Å². The summed E-state index contributed by atoms with van der Waals surface area (Å²) >= 11 is 3.30. The Hall–Kier alpha value is -0.890. The maximum atomic E-state index is 10.8. The Morgan fingerprint density at radius 2 is 1.77 bits per heavy atom. The predicted octanol–water partition coefficient (Wildman–Crippen LogP) is 3.54. The third-order valence-electron chi connectivity index (χ3n) is 1.29. The standard InChI is InChI=1S/C11H13BrO/c1-8(2)5-6-11(12)7-9(3)10(4)13/h5-7H,1,3H2,2,4H3/b6-5-,11-7+. The van der Waals surface area contributed by atoms with Gasteiger partial charge in [0.15, 0.2) is 5.78 Å². The maximum absolute atomic E-state index is 10.8. The highest BCUT2D eigenvalue weighted by atomic mass is 79.9. The number of allylic oxidation sites excluding steroid dienone is 6. The minimum Gasteiger partial charge on any atom is -0.295 e. The number of ketones is 1. The number of halogens is 1. The van der Waals surface area contributed by atoms with Crippen LogP contribution in [0.2, 0.25) is 0 Å². The molecule has 0 aliphatic heterocycles. The topological polar surface area (TPSA) is 17.1 Å². The first-order valence-electron chi connectivity index (χ1n) is 3.84. The van der Waals surface area contributed by atoms with Gasteiger partial charge in [0.05, 0.1) is 0 Å². The molecule has 0 heterocycles. The first-order valence-corrected chi connectivity index (χ1v) is 4.63. The fourth-order valence-corrected chi connectivity index (χ4v) is 0.947. The van der Waals surface area contributed by atoms with Crippen molar-refractivity contribution in [3.8, 4) is 0 Å². The summed E-state index contributed by atoms with van der Waals surface area (Å²) in [6.45, 7) is 10.7. The van der Waals surface area contributed by atoms with Gasteiger partial charge >= 0.3 is 0 Å². The van der Waals surface area contributed by atoms with Crippen LogP contribution >= 0.6 is 15.9 Å². The van der Waals surface area contributed by atoms with E-state index in [9.17, 15) is 4.79 Å². The van der Waals surface area contributed by atoms with Crippen molar-refractivity contribution in [2.75, 3.05) is 0 Å². The van der Waals surface area contributed by atoms with E-state index in [4.69, 9.17) is 0 Å². The molecule has 13 heavy (non-hydrogen) atoms. The Balaban J connectivity index is 4.42. The highest BCUT2D eigenvalue weighted by Crippen LogP contribution is 2.11. The molecule has 0 atom stereocenters. The number of carbonyl (C=O) groups is 1. The molecule has 2 heteroatoms. The van der Waals surface area contributed by atoms with E-state index in [1.165, 1.54) is 6.92 Å². The second-order valence-corrected chi connectivity index (χ2v) is 3.71. The van der Waals surface area contributed by atoms with Gasteiger partial charge in [0.1, 0.15) is 0 Å². The number of Topliss-reactive ketones (excluding diaryl/α,β-unsaturated/α-hetero) is 1. The molecule has 0 unspecified atom stereocenters. The molecule has 1 nitrogen and oxygen atoms in total. The fraction of sp³-hybridized carbons (Fsp3) is 0.182. The molecule has 0 aromatic heterocycles. The quantitative estimate of drug-likeness (QED) is 0.543. The van der Waals surface area contributed by atoms with E-state index >= 15 is 0 Å². The number of hydrogen-bond donors (Lipinski definition) is 0. The molecule has 0 aromatic carbocycles. The lowest BCUT2D eigenvalue weighted by atomic mass is 10.2. The lowest BCUT2D eigenvalue weighted by molar-refractivity contribution is -0.113. The van der Waals surface area contributed by atoms with Crippen molar-refractivity contribution >= 4 is 21.7 Å². The highest BCUT2D eigenvalue weighted by molar-refractivity contribution is 9.11. The van der Waals surface area contributed by atoms with Crippen molar-refractivity contribution in [3.63, 3.8) is 0 Å². The van der Waals surface area contributed by atoms with Crippen LogP contribution in [0.15, 0.2) is 47.0 Å². The van der Waals surface area contributed by atoms with Crippen molar-refractivity contribution in [1.29, 1.82) is 0 Å². The fourth-order valence-electron chi connectivity index (χ4n) is 0.538. The van der Waals surface area contributed by atoms with Gasteiger partial charge in [-0.2, -0.15) is 0 Å². The van der Waals surface area contributed by atoms with Gasteiger partial charge in [0.2, 0.25) is 0 Å². The molecule has 70 valence electrons. The SMILES string of the molecule is C=C(C)/C=C\C(Br)=C/C(=C)C(C)=O. The molecule has 0 N–H and O–H groups in total. The molecular weight excluding hydrogens is 228 g/mol. The maximum Gasteiger partial charge on any atom is 0.159 e. The van der Waals surface area contributed by atoms with E-state index in [1.54, 1.807) is 6.08 Å². The molecule has 0 bridgehead atoms. The van der Waals surface area contributed by atoms with E-state index in [1.807, 2.05) is 19.1 Å². The third kappa shape index (κ3) is 6.29. The average Bonchev–Trinajstić information content (AvgIpc) is 2.00. The summed E-state index contributed by atoms with van der Waals surface area (Å²) in [5.41, 5.74) is 1.44. The summed E-state index contributed by atoms with van der Waals surface area (Å²) in [4.78, 5) is 10.8. The Labute approximate surface area is 87.7 Å². The summed E-state index contributed by atoms with van der Waals surface area (Å²) in [6.07, 6.45) is 5.37. The Kier molecular flexibility index (Phi) is 5.31. The van der Waals surface area contributed by atoms with Gasteiger partial charge in [-0.1, -0.05) is 40.7 Å².